The maximum atomic E-state index is 13.2. The number of hydrogen-bond acceptors (Lipinski definition) is 3. The van der Waals surface area contributed by atoms with Crippen molar-refractivity contribution < 1.29 is 19.4 Å². The van der Waals surface area contributed by atoms with E-state index in [1.54, 1.807) is 6.07 Å². The summed E-state index contributed by atoms with van der Waals surface area (Å²) in [6, 6.07) is 5.62. The van der Waals surface area contributed by atoms with E-state index >= 15 is 0 Å². The highest BCUT2D eigenvalue weighted by atomic mass is 19.1. The number of rotatable bonds is 6. The number of carbonyl (C=O) groups is 1. The van der Waals surface area contributed by atoms with Crippen LogP contribution in [-0.4, -0.2) is 28.3 Å². The number of nitrogens with one attached hydrogen (secondary N) is 1. The summed E-state index contributed by atoms with van der Waals surface area (Å²) < 4.78 is 13.2. The molecule has 5 heteroatoms. The fraction of sp³-hybridized carbons (Fsp3) is 0.611. The molecule has 1 aromatic carbocycles. The van der Waals surface area contributed by atoms with Crippen LogP contribution in [0, 0.1) is 11.7 Å². The smallest absolute Gasteiger partial charge is 0.223 e. The van der Waals surface area contributed by atoms with Crippen molar-refractivity contribution in [3.05, 3.63) is 35.6 Å². The molecule has 1 aromatic rings. The lowest BCUT2D eigenvalue weighted by Gasteiger charge is -2.39. The highest BCUT2D eigenvalue weighted by molar-refractivity contribution is 5.77. The molecule has 23 heavy (non-hydrogen) atoms. The van der Waals surface area contributed by atoms with Gasteiger partial charge in [-0.05, 0) is 43.4 Å². The van der Waals surface area contributed by atoms with Crippen molar-refractivity contribution in [3.63, 3.8) is 0 Å². The van der Waals surface area contributed by atoms with Crippen molar-refractivity contribution >= 4 is 5.91 Å². The van der Waals surface area contributed by atoms with Gasteiger partial charge in [0.05, 0.1) is 24.7 Å². The summed E-state index contributed by atoms with van der Waals surface area (Å²) in [6.07, 6.45) is 4.20. The van der Waals surface area contributed by atoms with Crippen molar-refractivity contribution in [2.75, 3.05) is 6.61 Å². The molecule has 1 aliphatic rings. The van der Waals surface area contributed by atoms with Crippen LogP contribution in [0.25, 0.3) is 0 Å². The zero-order valence-corrected chi connectivity index (χ0v) is 13.6. The Morgan fingerprint density at radius 1 is 1.39 bits per heavy atom. The van der Waals surface area contributed by atoms with Crippen LogP contribution in [0.15, 0.2) is 24.3 Å². The first-order valence-corrected chi connectivity index (χ1v) is 8.30. The lowest BCUT2D eigenvalue weighted by atomic mass is 9.76. The van der Waals surface area contributed by atoms with E-state index in [1.165, 1.54) is 24.6 Å². The van der Waals surface area contributed by atoms with Crippen LogP contribution in [0.3, 0.4) is 0 Å². The Labute approximate surface area is 136 Å². The van der Waals surface area contributed by atoms with E-state index in [4.69, 9.17) is 0 Å². The number of aliphatic hydroxyl groups is 2. The molecule has 0 saturated heterocycles. The number of aliphatic hydroxyl groups excluding tert-OH is 2. The molecule has 0 bridgehead atoms. The normalized spacial score (nSPS) is 19.8. The molecule has 3 N–H and O–H groups in total. The Bertz CT molecular complexity index is 531. The number of hydrogen-bond donors (Lipinski definition) is 3. The van der Waals surface area contributed by atoms with Crippen LogP contribution >= 0.6 is 0 Å². The van der Waals surface area contributed by atoms with Crippen LogP contribution < -0.4 is 5.32 Å². The van der Waals surface area contributed by atoms with Gasteiger partial charge in [-0.2, -0.15) is 0 Å². The van der Waals surface area contributed by atoms with Crippen LogP contribution in [0.4, 0.5) is 4.39 Å². The molecule has 0 heterocycles. The summed E-state index contributed by atoms with van der Waals surface area (Å²) in [4.78, 5) is 12.3. The average molecular weight is 323 g/mol. The minimum Gasteiger partial charge on any atom is -0.394 e. The van der Waals surface area contributed by atoms with Crippen molar-refractivity contribution in [1.29, 1.82) is 0 Å². The van der Waals surface area contributed by atoms with Gasteiger partial charge in [-0.25, -0.2) is 4.39 Å². The van der Waals surface area contributed by atoms with E-state index in [0.717, 1.165) is 25.7 Å². The minimum absolute atomic E-state index is 0.126. The van der Waals surface area contributed by atoms with Crippen LogP contribution in [-0.2, 0) is 4.79 Å². The third-order valence-electron chi connectivity index (χ3n) is 4.87. The maximum Gasteiger partial charge on any atom is 0.223 e. The standard InChI is InChI=1S/C18H26FNO3/c1-18(12-21,14-7-3-2-4-8-14)20-17(23)11-16(22)13-6-5-9-15(19)10-13/h5-6,9-10,14,16,21-22H,2-4,7-8,11-12H2,1H3,(H,20,23)/t16-,18+/m1/s1. The van der Waals surface area contributed by atoms with Gasteiger partial charge >= 0.3 is 0 Å². The first-order valence-electron chi connectivity index (χ1n) is 8.30. The summed E-state index contributed by atoms with van der Waals surface area (Å²) in [5.41, 5.74) is -0.289. The van der Waals surface area contributed by atoms with E-state index in [1.807, 2.05) is 6.92 Å². The monoisotopic (exact) mass is 323 g/mol. The maximum absolute atomic E-state index is 13.2. The molecule has 2 rings (SSSR count). The third-order valence-corrected chi connectivity index (χ3v) is 4.87. The minimum atomic E-state index is -1.06. The fourth-order valence-corrected chi connectivity index (χ4v) is 3.39. The van der Waals surface area contributed by atoms with Gasteiger partial charge in [0.25, 0.3) is 0 Å². The Balaban J connectivity index is 1.96. The van der Waals surface area contributed by atoms with E-state index < -0.39 is 17.5 Å². The number of benzene rings is 1. The molecular weight excluding hydrogens is 297 g/mol. The number of halogens is 1. The highest BCUT2D eigenvalue weighted by Gasteiger charge is 2.36. The van der Waals surface area contributed by atoms with E-state index in [9.17, 15) is 19.4 Å². The van der Waals surface area contributed by atoms with E-state index in [0.29, 0.717) is 5.56 Å². The molecule has 128 valence electrons. The van der Waals surface area contributed by atoms with E-state index in [-0.39, 0.29) is 24.9 Å². The van der Waals surface area contributed by atoms with Gasteiger partial charge in [-0.3, -0.25) is 4.79 Å². The van der Waals surface area contributed by atoms with Crippen molar-refractivity contribution in [2.45, 2.75) is 57.1 Å². The van der Waals surface area contributed by atoms with Gasteiger partial charge in [0, 0.05) is 0 Å². The van der Waals surface area contributed by atoms with E-state index in [2.05, 4.69) is 5.32 Å². The molecule has 0 spiro atoms. The van der Waals surface area contributed by atoms with Crippen molar-refractivity contribution in [3.8, 4) is 0 Å². The molecule has 0 aromatic heterocycles. The molecule has 1 fully saturated rings. The lowest BCUT2D eigenvalue weighted by molar-refractivity contribution is -0.126. The SMILES string of the molecule is C[C@@](CO)(NC(=O)C[C@@H](O)c1cccc(F)c1)C1CCCCC1. The van der Waals surface area contributed by atoms with Crippen molar-refractivity contribution in [2.24, 2.45) is 5.92 Å². The van der Waals surface area contributed by atoms with Crippen molar-refractivity contribution in [1.82, 2.24) is 5.32 Å². The molecule has 1 saturated carbocycles. The molecule has 1 amide bonds. The number of carbonyl (C=O) groups excluding carboxylic acids is 1. The van der Waals surface area contributed by atoms with Crippen LogP contribution in [0.2, 0.25) is 0 Å². The number of amides is 1. The van der Waals surface area contributed by atoms with Gasteiger partial charge in [0.2, 0.25) is 5.91 Å². The zero-order chi connectivity index (χ0) is 16.9. The molecule has 0 aliphatic heterocycles. The molecule has 0 unspecified atom stereocenters. The Morgan fingerprint density at radius 2 is 2.09 bits per heavy atom. The van der Waals surface area contributed by atoms with Crippen LogP contribution in [0.5, 0.6) is 0 Å². The topological polar surface area (TPSA) is 69.6 Å². The first-order chi connectivity index (χ1) is 10.9. The summed E-state index contributed by atoms with van der Waals surface area (Å²) in [7, 11) is 0. The molecule has 0 radical (unpaired) electrons. The molecule has 4 nitrogen and oxygen atoms in total. The summed E-state index contributed by atoms with van der Waals surface area (Å²) in [5.74, 6) is -0.523. The molecule has 1 aliphatic carbocycles. The zero-order valence-electron chi connectivity index (χ0n) is 13.6. The summed E-state index contributed by atoms with van der Waals surface area (Å²) in [6.45, 7) is 1.73. The van der Waals surface area contributed by atoms with Crippen LogP contribution in [0.1, 0.15) is 57.1 Å². The second kappa shape index (κ2) is 7.88. The molecule has 2 atom stereocenters. The largest absolute Gasteiger partial charge is 0.394 e. The van der Waals surface area contributed by atoms with Gasteiger partial charge in [-0.1, -0.05) is 31.4 Å². The van der Waals surface area contributed by atoms with Gasteiger partial charge in [-0.15, -0.1) is 0 Å². The first kappa shape index (κ1) is 17.9. The quantitative estimate of drug-likeness (QED) is 0.754. The van der Waals surface area contributed by atoms with Gasteiger partial charge in [0.15, 0.2) is 0 Å². The molecular formula is C18H26FNO3. The highest BCUT2D eigenvalue weighted by Crippen LogP contribution is 2.32. The Hall–Kier alpha value is -1.46. The third kappa shape index (κ3) is 4.75. The van der Waals surface area contributed by atoms with Gasteiger partial charge < -0.3 is 15.5 Å². The summed E-state index contributed by atoms with van der Waals surface area (Å²) in [5, 5.41) is 22.7. The predicted octanol–water partition coefficient (Wildman–Crippen LogP) is 2.70. The Morgan fingerprint density at radius 3 is 2.70 bits per heavy atom. The fourth-order valence-electron chi connectivity index (χ4n) is 3.39. The van der Waals surface area contributed by atoms with Gasteiger partial charge in [0.1, 0.15) is 5.82 Å². The second-order valence-corrected chi connectivity index (χ2v) is 6.73. The lowest BCUT2D eigenvalue weighted by Crippen LogP contribution is -2.54. The second-order valence-electron chi connectivity index (χ2n) is 6.73. The Kier molecular flexibility index (Phi) is 6.13. The average Bonchev–Trinajstić information content (AvgIpc) is 2.55. The summed E-state index contributed by atoms with van der Waals surface area (Å²) >= 11 is 0. The predicted molar refractivity (Wildman–Crippen MR) is 86.2 cm³/mol.